The van der Waals surface area contributed by atoms with E-state index in [1.165, 1.54) is 11.1 Å². The molecule has 2 heterocycles. The number of carbonyl (C=O) groups is 2. The Balaban J connectivity index is 1.45. The summed E-state index contributed by atoms with van der Waals surface area (Å²) in [6, 6.07) is 17.4. The molecular formula is C25H25ClN4O2. The van der Waals surface area contributed by atoms with Crippen molar-refractivity contribution in [2.75, 3.05) is 18.4 Å². The first-order valence-electron chi connectivity index (χ1n) is 10.6. The van der Waals surface area contributed by atoms with Gasteiger partial charge in [0, 0.05) is 42.7 Å². The molecule has 2 N–H and O–H groups in total. The van der Waals surface area contributed by atoms with Gasteiger partial charge in [0.15, 0.2) is 0 Å². The van der Waals surface area contributed by atoms with E-state index in [0.29, 0.717) is 17.3 Å². The van der Waals surface area contributed by atoms with Crippen molar-refractivity contribution in [3.05, 3.63) is 94.3 Å². The van der Waals surface area contributed by atoms with E-state index in [-0.39, 0.29) is 6.04 Å². The second-order valence-corrected chi connectivity index (χ2v) is 8.28. The summed E-state index contributed by atoms with van der Waals surface area (Å²) in [5, 5.41) is 5.98. The van der Waals surface area contributed by atoms with E-state index in [0.717, 1.165) is 30.6 Å². The number of aromatic nitrogens is 1. The summed E-state index contributed by atoms with van der Waals surface area (Å²) in [6.45, 7) is 3.73. The Labute approximate surface area is 192 Å². The maximum atomic E-state index is 12.6. The average molecular weight is 449 g/mol. The van der Waals surface area contributed by atoms with Crippen LogP contribution in [0.2, 0.25) is 5.02 Å². The lowest BCUT2D eigenvalue weighted by Crippen LogP contribution is -2.43. The number of pyridine rings is 1. The van der Waals surface area contributed by atoms with Crippen LogP contribution in [0.1, 0.15) is 28.3 Å². The lowest BCUT2D eigenvalue weighted by atomic mass is 9.97. The van der Waals surface area contributed by atoms with Crippen molar-refractivity contribution >= 4 is 29.1 Å². The third-order valence-corrected chi connectivity index (χ3v) is 6.26. The van der Waals surface area contributed by atoms with E-state index in [4.69, 9.17) is 11.6 Å². The smallest absolute Gasteiger partial charge is 0.313 e. The van der Waals surface area contributed by atoms with Crippen LogP contribution >= 0.6 is 11.6 Å². The minimum atomic E-state index is -0.718. The standard InChI is InChI=1S/C25H25ClN4O2/c1-17-21(26)9-4-10-22(17)29-25(32)24(31)28-15-23(19-8-5-12-27-14-19)30-13-11-18-6-2-3-7-20(18)16-30/h2-10,12,14,23H,11,13,15-16H2,1H3,(H,28,31)(H,29,32)/t23-/m1/s1. The highest BCUT2D eigenvalue weighted by Gasteiger charge is 2.26. The van der Waals surface area contributed by atoms with Crippen molar-refractivity contribution in [3.8, 4) is 0 Å². The number of benzene rings is 2. The van der Waals surface area contributed by atoms with Gasteiger partial charge in [-0.15, -0.1) is 0 Å². The van der Waals surface area contributed by atoms with Gasteiger partial charge in [-0.25, -0.2) is 0 Å². The lowest BCUT2D eigenvalue weighted by Gasteiger charge is -2.35. The number of rotatable bonds is 5. The molecule has 0 bridgehead atoms. The molecule has 1 aliphatic heterocycles. The maximum Gasteiger partial charge on any atom is 0.313 e. The minimum absolute atomic E-state index is 0.0956. The first-order chi connectivity index (χ1) is 15.5. The van der Waals surface area contributed by atoms with Crippen LogP contribution in [-0.2, 0) is 22.6 Å². The second-order valence-electron chi connectivity index (χ2n) is 7.87. The molecule has 0 spiro atoms. The van der Waals surface area contributed by atoms with E-state index in [1.807, 2.05) is 24.4 Å². The molecule has 3 aromatic rings. The number of hydrogen-bond donors (Lipinski definition) is 2. The van der Waals surface area contributed by atoms with Crippen LogP contribution in [0.25, 0.3) is 0 Å². The Morgan fingerprint density at radius 2 is 1.88 bits per heavy atom. The molecule has 0 saturated carbocycles. The van der Waals surface area contributed by atoms with Gasteiger partial charge in [-0.05, 0) is 53.8 Å². The molecule has 1 atom stereocenters. The van der Waals surface area contributed by atoms with Gasteiger partial charge in [-0.1, -0.05) is 48.0 Å². The summed E-state index contributed by atoms with van der Waals surface area (Å²) < 4.78 is 0. The largest absolute Gasteiger partial charge is 0.346 e. The molecule has 0 radical (unpaired) electrons. The van der Waals surface area contributed by atoms with Crippen molar-refractivity contribution in [2.45, 2.75) is 25.9 Å². The average Bonchev–Trinajstić information content (AvgIpc) is 2.82. The molecule has 6 nitrogen and oxygen atoms in total. The first kappa shape index (κ1) is 22.0. The topological polar surface area (TPSA) is 74.3 Å². The molecule has 0 saturated heterocycles. The second kappa shape index (κ2) is 9.94. The van der Waals surface area contributed by atoms with Crippen molar-refractivity contribution < 1.29 is 9.59 Å². The Bertz CT molecular complexity index is 1120. The van der Waals surface area contributed by atoms with Gasteiger partial charge in [0.2, 0.25) is 0 Å². The van der Waals surface area contributed by atoms with E-state index >= 15 is 0 Å². The molecule has 1 aliphatic rings. The van der Waals surface area contributed by atoms with Crippen LogP contribution in [0.15, 0.2) is 67.0 Å². The molecule has 2 amide bonds. The third kappa shape index (κ3) is 4.98. The number of nitrogens with zero attached hydrogens (tertiary/aromatic N) is 2. The Morgan fingerprint density at radius 3 is 2.66 bits per heavy atom. The molecule has 7 heteroatoms. The zero-order chi connectivity index (χ0) is 22.5. The van der Waals surface area contributed by atoms with E-state index < -0.39 is 11.8 Å². The van der Waals surface area contributed by atoms with E-state index in [9.17, 15) is 9.59 Å². The predicted octanol–water partition coefficient (Wildman–Crippen LogP) is 3.90. The number of halogens is 1. The zero-order valence-corrected chi connectivity index (χ0v) is 18.6. The van der Waals surface area contributed by atoms with Gasteiger partial charge in [0.25, 0.3) is 0 Å². The van der Waals surface area contributed by atoms with Crippen molar-refractivity contribution in [1.29, 1.82) is 0 Å². The highest BCUT2D eigenvalue weighted by molar-refractivity contribution is 6.40. The van der Waals surface area contributed by atoms with Crippen LogP contribution in [0.5, 0.6) is 0 Å². The number of anilines is 1. The van der Waals surface area contributed by atoms with Crippen LogP contribution in [0.4, 0.5) is 5.69 Å². The fraction of sp³-hybridized carbons (Fsp3) is 0.240. The Hall–Kier alpha value is -3.22. The molecular weight excluding hydrogens is 424 g/mol. The Morgan fingerprint density at radius 1 is 1.06 bits per heavy atom. The predicted molar refractivity (Wildman–Crippen MR) is 125 cm³/mol. The van der Waals surface area contributed by atoms with Crippen LogP contribution in [0, 0.1) is 6.92 Å². The SMILES string of the molecule is Cc1c(Cl)cccc1NC(=O)C(=O)NC[C@H](c1cccnc1)N1CCc2ccccc2C1. The molecule has 164 valence electrons. The molecule has 0 fully saturated rings. The highest BCUT2D eigenvalue weighted by atomic mass is 35.5. The molecule has 0 unspecified atom stereocenters. The summed E-state index contributed by atoms with van der Waals surface area (Å²) >= 11 is 6.11. The van der Waals surface area contributed by atoms with Crippen LogP contribution in [-0.4, -0.2) is 34.8 Å². The monoisotopic (exact) mass is 448 g/mol. The highest BCUT2D eigenvalue weighted by Crippen LogP contribution is 2.27. The van der Waals surface area contributed by atoms with Gasteiger partial charge in [0.1, 0.15) is 0 Å². The minimum Gasteiger partial charge on any atom is -0.346 e. The molecule has 0 aliphatic carbocycles. The van der Waals surface area contributed by atoms with Crippen molar-refractivity contribution in [3.63, 3.8) is 0 Å². The number of nitrogens with one attached hydrogen (secondary N) is 2. The molecule has 4 rings (SSSR count). The van der Waals surface area contributed by atoms with E-state index in [2.05, 4.69) is 38.7 Å². The normalized spacial score (nSPS) is 14.3. The zero-order valence-electron chi connectivity index (χ0n) is 17.8. The number of amides is 2. The van der Waals surface area contributed by atoms with Gasteiger partial charge >= 0.3 is 11.8 Å². The Kier molecular flexibility index (Phi) is 6.83. The third-order valence-electron chi connectivity index (χ3n) is 5.85. The quantitative estimate of drug-likeness (QED) is 0.580. The first-order valence-corrected chi connectivity index (χ1v) is 11.0. The summed E-state index contributed by atoms with van der Waals surface area (Å²) in [6.07, 6.45) is 4.48. The number of fused-ring (bicyclic) bond motifs is 1. The van der Waals surface area contributed by atoms with Gasteiger partial charge in [-0.3, -0.25) is 19.5 Å². The summed E-state index contributed by atoms with van der Waals surface area (Å²) in [5.74, 6) is -1.40. The molecule has 2 aromatic carbocycles. The van der Waals surface area contributed by atoms with Crippen molar-refractivity contribution in [2.24, 2.45) is 0 Å². The van der Waals surface area contributed by atoms with Gasteiger partial charge in [-0.2, -0.15) is 0 Å². The van der Waals surface area contributed by atoms with Gasteiger partial charge in [0.05, 0.1) is 6.04 Å². The summed E-state index contributed by atoms with van der Waals surface area (Å²) in [7, 11) is 0. The summed E-state index contributed by atoms with van der Waals surface area (Å²) in [4.78, 5) is 31.6. The lowest BCUT2D eigenvalue weighted by molar-refractivity contribution is -0.136. The maximum absolute atomic E-state index is 12.6. The van der Waals surface area contributed by atoms with Crippen LogP contribution < -0.4 is 10.6 Å². The molecule has 1 aromatic heterocycles. The summed E-state index contributed by atoms with van der Waals surface area (Å²) in [5.41, 5.74) is 4.88. The fourth-order valence-electron chi connectivity index (χ4n) is 4.01. The number of hydrogen-bond acceptors (Lipinski definition) is 4. The van der Waals surface area contributed by atoms with E-state index in [1.54, 1.807) is 31.3 Å². The fourth-order valence-corrected chi connectivity index (χ4v) is 4.18. The van der Waals surface area contributed by atoms with Crippen molar-refractivity contribution in [1.82, 2.24) is 15.2 Å². The van der Waals surface area contributed by atoms with Gasteiger partial charge < -0.3 is 10.6 Å². The molecule has 32 heavy (non-hydrogen) atoms. The number of carbonyl (C=O) groups excluding carboxylic acids is 2. The van der Waals surface area contributed by atoms with Crippen LogP contribution in [0.3, 0.4) is 0 Å².